The molecule has 0 heterocycles. The monoisotopic (exact) mass is 370 g/mol. The van der Waals surface area contributed by atoms with Crippen LogP contribution in [0.1, 0.15) is 35.9 Å². The van der Waals surface area contributed by atoms with E-state index in [9.17, 15) is 14.4 Å². The van der Waals surface area contributed by atoms with Crippen LogP contribution in [-0.2, 0) is 14.3 Å². The molecular weight excluding hydrogens is 348 g/mol. The quantitative estimate of drug-likeness (QED) is 0.691. The smallest absolute Gasteiger partial charge is 0.326 e. The van der Waals surface area contributed by atoms with Crippen molar-refractivity contribution in [3.8, 4) is 5.75 Å². The number of nitrogens with one attached hydrogen (secondary N) is 1. The van der Waals surface area contributed by atoms with Gasteiger partial charge in [0.05, 0.1) is 6.10 Å². The molecule has 0 fully saturated rings. The fourth-order valence-electron chi connectivity index (χ4n) is 2.30. The Hall–Kier alpha value is -3.35. The Morgan fingerprint density at radius 2 is 1.63 bits per heavy atom. The average molecular weight is 370 g/mol. The number of carbonyl (C=O) groups is 3. The SMILES string of the molecule is CC(C)Oc1ccc(C(=O)NCC(=O)OC(C(N)=O)c2ccccc2)cc1. The van der Waals surface area contributed by atoms with Crippen LogP contribution in [0.25, 0.3) is 0 Å². The molecule has 0 saturated heterocycles. The van der Waals surface area contributed by atoms with Gasteiger partial charge in [-0.2, -0.15) is 0 Å². The van der Waals surface area contributed by atoms with Crippen molar-refractivity contribution >= 4 is 17.8 Å². The first-order valence-electron chi connectivity index (χ1n) is 8.45. The third-order valence-corrected chi connectivity index (χ3v) is 3.49. The highest BCUT2D eigenvalue weighted by molar-refractivity contribution is 5.96. The predicted molar refractivity (Wildman–Crippen MR) is 99.0 cm³/mol. The summed E-state index contributed by atoms with van der Waals surface area (Å²) in [5, 5.41) is 2.45. The number of nitrogens with two attached hydrogens (primary N) is 1. The van der Waals surface area contributed by atoms with Crippen molar-refractivity contribution in [2.24, 2.45) is 5.73 Å². The molecule has 7 nitrogen and oxygen atoms in total. The summed E-state index contributed by atoms with van der Waals surface area (Å²) in [7, 11) is 0. The van der Waals surface area contributed by atoms with Crippen LogP contribution in [0.2, 0.25) is 0 Å². The minimum atomic E-state index is -1.21. The summed E-state index contributed by atoms with van der Waals surface area (Å²) in [6.07, 6.45) is -1.18. The largest absolute Gasteiger partial charge is 0.491 e. The van der Waals surface area contributed by atoms with Gasteiger partial charge >= 0.3 is 5.97 Å². The Labute approximate surface area is 157 Å². The topological polar surface area (TPSA) is 108 Å². The number of hydrogen-bond donors (Lipinski definition) is 2. The molecule has 0 aromatic heterocycles. The van der Waals surface area contributed by atoms with Crippen molar-refractivity contribution in [2.75, 3.05) is 6.54 Å². The summed E-state index contributed by atoms with van der Waals surface area (Å²) in [5.41, 5.74) is 6.13. The normalized spacial score (nSPS) is 11.5. The van der Waals surface area contributed by atoms with E-state index >= 15 is 0 Å². The highest BCUT2D eigenvalue weighted by atomic mass is 16.5. The van der Waals surface area contributed by atoms with Gasteiger partial charge in [0, 0.05) is 11.1 Å². The number of carbonyl (C=O) groups excluding carboxylic acids is 3. The fourth-order valence-corrected chi connectivity index (χ4v) is 2.30. The van der Waals surface area contributed by atoms with E-state index in [2.05, 4.69) is 5.32 Å². The van der Waals surface area contributed by atoms with Gasteiger partial charge in [-0.25, -0.2) is 0 Å². The Bertz CT molecular complexity index is 788. The molecule has 0 bridgehead atoms. The van der Waals surface area contributed by atoms with E-state index in [4.69, 9.17) is 15.2 Å². The summed E-state index contributed by atoms with van der Waals surface area (Å²) < 4.78 is 10.6. The molecule has 2 amide bonds. The van der Waals surface area contributed by atoms with Crippen molar-refractivity contribution in [3.05, 3.63) is 65.7 Å². The minimum Gasteiger partial charge on any atom is -0.491 e. The Morgan fingerprint density at radius 1 is 1.00 bits per heavy atom. The first-order chi connectivity index (χ1) is 12.9. The van der Waals surface area contributed by atoms with E-state index in [1.54, 1.807) is 54.6 Å². The number of amides is 2. The molecule has 142 valence electrons. The second-order valence-electron chi connectivity index (χ2n) is 6.06. The molecule has 1 unspecified atom stereocenters. The van der Waals surface area contributed by atoms with E-state index in [0.717, 1.165) is 0 Å². The summed E-state index contributed by atoms with van der Waals surface area (Å²) >= 11 is 0. The van der Waals surface area contributed by atoms with Gasteiger partial charge in [0.1, 0.15) is 12.3 Å². The van der Waals surface area contributed by atoms with Gasteiger partial charge in [-0.15, -0.1) is 0 Å². The number of hydrogen-bond acceptors (Lipinski definition) is 5. The number of esters is 1. The lowest BCUT2D eigenvalue weighted by molar-refractivity contribution is -0.154. The molecule has 0 radical (unpaired) electrons. The lowest BCUT2D eigenvalue weighted by Gasteiger charge is -2.15. The number of benzene rings is 2. The second kappa shape index (κ2) is 9.38. The van der Waals surface area contributed by atoms with Crippen LogP contribution in [0, 0.1) is 0 Å². The van der Waals surface area contributed by atoms with Crippen LogP contribution in [0.3, 0.4) is 0 Å². The van der Waals surface area contributed by atoms with Crippen molar-refractivity contribution in [2.45, 2.75) is 26.1 Å². The number of primary amides is 1. The van der Waals surface area contributed by atoms with Crippen LogP contribution in [0.15, 0.2) is 54.6 Å². The second-order valence-corrected chi connectivity index (χ2v) is 6.06. The maximum atomic E-state index is 12.1. The molecule has 0 aliphatic rings. The summed E-state index contributed by atoms with van der Waals surface area (Å²) in [6, 6.07) is 15.0. The third-order valence-electron chi connectivity index (χ3n) is 3.49. The van der Waals surface area contributed by atoms with Gasteiger partial charge in [0.15, 0.2) is 0 Å². The van der Waals surface area contributed by atoms with Gasteiger partial charge in [0.2, 0.25) is 6.10 Å². The molecule has 2 aromatic carbocycles. The number of ether oxygens (including phenoxy) is 2. The van der Waals surface area contributed by atoms with Crippen LogP contribution in [0.5, 0.6) is 5.75 Å². The summed E-state index contributed by atoms with van der Waals surface area (Å²) in [6.45, 7) is 3.42. The summed E-state index contributed by atoms with van der Waals surface area (Å²) in [5.74, 6) is -1.36. The number of rotatable bonds is 8. The van der Waals surface area contributed by atoms with E-state index in [1.807, 2.05) is 13.8 Å². The third kappa shape index (κ3) is 6.14. The van der Waals surface area contributed by atoms with E-state index < -0.39 is 23.9 Å². The maximum absolute atomic E-state index is 12.1. The van der Waals surface area contributed by atoms with Crippen molar-refractivity contribution in [1.29, 1.82) is 0 Å². The first kappa shape index (κ1) is 20.0. The Morgan fingerprint density at radius 3 is 2.19 bits per heavy atom. The van der Waals surface area contributed by atoms with Gasteiger partial charge < -0.3 is 20.5 Å². The molecule has 0 spiro atoms. The van der Waals surface area contributed by atoms with Crippen molar-refractivity contribution in [3.63, 3.8) is 0 Å². The van der Waals surface area contributed by atoms with Crippen molar-refractivity contribution < 1.29 is 23.9 Å². The fraction of sp³-hybridized carbons (Fsp3) is 0.250. The van der Waals surface area contributed by atoms with Gasteiger partial charge in [-0.3, -0.25) is 14.4 Å². The maximum Gasteiger partial charge on any atom is 0.326 e. The molecular formula is C20H22N2O5. The molecule has 0 aliphatic heterocycles. The zero-order valence-corrected chi connectivity index (χ0v) is 15.2. The van der Waals surface area contributed by atoms with E-state index in [0.29, 0.717) is 16.9 Å². The molecule has 2 rings (SSSR count). The molecule has 27 heavy (non-hydrogen) atoms. The molecule has 0 saturated carbocycles. The highest BCUT2D eigenvalue weighted by Gasteiger charge is 2.22. The van der Waals surface area contributed by atoms with Gasteiger partial charge in [0.25, 0.3) is 11.8 Å². The molecule has 0 aliphatic carbocycles. The van der Waals surface area contributed by atoms with E-state index in [1.165, 1.54) is 0 Å². The Kier molecular flexibility index (Phi) is 6.93. The van der Waals surface area contributed by atoms with Crippen LogP contribution < -0.4 is 15.8 Å². The van der Waals surface area contributed by atoms with Crippen LogP contribution >= 0.6 is 0 Å². The zero-order valence-electron chi connectivity index (χ0n) is 15.2. The Balaban J connectivity index is 1.90. The average Bonchev–Trinajstić information content (AvgIpc) is 2.64. The van der Waals surface area contributed by atoms with Gasteiger partial charge in [-0.05, 0) is 38.1 Å². The molecule has 1 atom stereocenters. The molecule has 3 N–H and O–H groups in total. The predicted octanol–water partition coefficient (Wildman–Crippen LogP) is 1.97. The lowest BCUT2D eigenvalue weighted by Crippen LogP contribution is -2.33. The zero-order chi connectivity index (χ0) is 19.8. The van der Waals surface area contributed by atoms with Gasteiger partial charge in [-0.1, -0.05) is 30.3 Å². The first-order valence-corrected chi connectivity index (χ1v) is 8.45. The molecule has 7 heteroatoms. The molecule has 2 aromatic rings. The minimum absolute atomic E-state index is 0.0299. The van der Waals surface area contributed by atoms with E-state index in [-0.39, 0.29) is 12.6 Å². The van der Waals surface area contributed by atoms with Crippen LogP contribution in [-0.4, -0.2) is 30.4 Å². The standard InChI is InChI=1S/C20H22N2O5/c1-13(2)26-16-10-8-15(9-11-16)20(25)22-12-17(23)27-18(19(21)24)14-6-4-3-5-7-14/h3-11,13,18H,12H2,1-2H3,(H2,21,24)(H,22,25). The van der Waals surface area contributed by atoms with Crippen LogP contribution in [0.4, 0.5) is 0 Å². The summed E-state index contributed by atoms with van der Waals surface area (Å²) in [4.78, 5) is 35.6. The highest BCUT2D eigenvalue weighted by Crippen LogP contribution is 2.17. The lowest BCUT2D eigenvalue weighted by atomic mass is 10.1. The van der Waals surface area contributed by atoms with Crippen molar-refractivity contribution in [1.82, 2.24) is 5.32 Å².